The number of carboxylic acid groups (broad SMARTS) is 1. The average Bonchev–Trinajstić information content (AvgIpc) is 3.20. The zero-order valence-corrected chi connectivity index (χ0v) is 13.8. The lowest BCUT2D eigenvalue weighted by atomic mass is 10.3. The van der Waals surface area contributed by atoms with Crippen molar-refractivity contribution in [1.29, 1.82) is 0 Å². The van der Waals surface area contributed by atoms with Gasteiger partial charge in [0.15, 0.2) is 0 Å². The van der Waals surface area contributed by atoms with Crippen LogP contribution < -0.4 is 4.74 Å². The minimum Gasteiger partial charge on any atom is -0.490 e. The predicted molar refractivity (Wildman–Crippen MR) is 84.1 cm³/mol. The second-order valence-corrected chi connectivity index (χ2v) is 6.31. The summed E-state index contributed by atoms with van der Waals surface area (Å²) in [5.74, 6) is 1.37. The van der Waals surface area contributed by atoms with E-state index in [1.807, 2.05) is 16.8 Å². The van der Waals surface area contributed by atoms with Gasteiger partial charge in [-0.2, -0.15) is 0 Å². The van der Waals surface area contributed by atoms with Gasteiger partial charge < -0.3 is 14.7 Å². The molecule has 1 N–H and O–H groups in total. The number of carbonyl (C=O) groups is 1. The van der Waals surface area contributed by atoms with Crippen LogP contribution in [0.1, 0.15) is 12.8 Å². The van der Waals surface area contributed by atoms with E-state index in [2.05, 4.69) is 26.2 Å². The fourth-order valence-electron chi connectivity index (χ4n) is 2.17. The highest BCUT2D eigenvalue weighted by molar-refractivity contribution is 9.10. The van der Waals surface area contributed by atoms with Crippen LogP contribution in [0.4, 0.5) is 4.79 Å². The molecule has 0 aliphatic heterocycles. The molecule has 1 aromatic carbocycles. The van der Waals surface area contributed by atoms with Crippen LogP contribution in [0.2, 0.25) is 0 Å². The Morgan fingerprint density at radius 1 is 1.55 bits per heavy atom. The fourth-order valence-corrected chi connectivity index (χ4v) is 2.69. The number of likely N-dealkylation sites (N-methyl/N-ethyl adjacent to an activating group) is 1. The third kappa shape index (κ3) is 3.16. The molecule has 0 spiro atoms. The van der Waals surface area contributed by atoms with Crippen molar-refractivity contribution in [2.75, 3.05) is 20.2 Å². The molecule has 118 valence electrons. The summed E-state index contributed by atoms with van der Waals surface area (Å²) < 4.78 is 8.32. The molecule has 0 atom stereocenters. The molecule has 1 saturated carbocycles. The number of hydrogen-bond donors (Lipinski definition) is 1. The number of ether oxygens (including phenoxy) is 1. The molecule has 0 saturated heterocycles. The maximum atomic E-state index is 10.7. The Labute approximate surface area is 136 Å². The number of rotatable bonds is 6. The summed E-state index contributed by atoms with van der Waals surface area (Å²) in [6.07, 6.45) is 1.56. The quantitative estimate of drug-likeness (QED) is 0.847. The van der Waals surface area contributed by atoms with Gasteiger partial charge in [-0.15, -0.1) is 5.10 Å². The van der Waals surface area contributed by atoms with Gasteiger partial charge in [-0.25, -0.2) is 9.48 Å². The lowest BCUT2D eigenvalue weighted by Gasteiger charge is -2.14. The highest BCUT2D eigenvalue weighted by Crippen LogP contribution is 2.34. The van der Waals surface area contributed by atoms with Crippen molar-refractivity contribution >= 4 is 33.1 Å². The summed E-state index contributed by atoms with van der Waals surface area (Å²) in [5.41, 5.74) is 1.75. The third-order valence-corrected chi connectivity index (χ3v) is 4.50. The second-order valence-electron chi connectivity index (χ2n) is 5.51. The maximum Gasteiger partial charge on any atom is 0.407 e. The van der Waals surface area contributed by atoms with E-state index in [0.717, 1.165) is 28.0 Å². The maximum absolute atomic E-state index is 10.7. The molecule has 0 unspecified atom stereocenters. The highest BCUT2D eigenvalue weighted by atomic mass is 79.9. The minimum atomic E-state index is -0.971. The molecule has 0 bridgehead atoms. The first-order chi connectivity index (χ1) is 10.6. The Bertz CT molecular complexity index is 699. The van der Waals surface area contributed by atoms with Gasteiger partial charge in [0, 0.05) is 13.6 Å². The van der Waals surface area contributed by atoms with Crippen molar-refractivity contribution in [3.63, 3.8) is 0 Å². The van der Waals surface area contributed by atoms with Crippen LogP contribution in [0, 0.1) is 5.92 Å². The molecule has 3 rings (SSSR count). The van der Waals surface area contributed by atoms with Crippen molar-refractivity contribution in [2.45, 2.75) is 19.4 Å². The van der Waals surface area contributed by atoms with E-state index in [-0.39, 0.29) is 6.61 Å². The lowest BCUT2D eigenvalue weighted by molar-refractivity contribution is 0.147. The Morgan fingerprint density at radius 2 is 2.32 bits per heavy atom. The Kier molecular flexibility index (Phi) is 4.19. The summed E-state index contributed by atoms with van der Waals surface area (Å²) in [6.45, 7) is 1.49. The molecule has 1 fully saturated rings. The van der Waals surface area contributed by atoms with Crippen LogP contribution in [0.15, 0.2) is 16.6 Å². The predicted octanol–water partition coefficient (Wildman–Crippen LogP) is 2.59. The molecular weight excluding hydrogens is 352 g/mol. The number of nitrogens with zero attached hydrogens (tertiary/aromatic N) is 4. The lowest BCUT2D eigenvalue weighted by Crippen LogP contribution is -2.29. The van der Waals surface area contributed by atoms with Gasteiger partial charge in [0.1, 0.15) is 17.9 Å². The zero-order chi connectivity index (χ0) is 15.7. The van der Waals surface area contributed by atoms with Crippen molar-refractivity contribution in [1.82, 2.24) is 19.9 Å². The summed E-state index contributed by atoms with van der Waals surface area (Å²) >= 11 is 3.50. The molecule has 2 aromatic rings. The van der Waals surface area contributed by atoms with Gasteiger partial charge in [-0.05, 0) is 46.8 Å². The number of fused-ring (bicyclic) bond motifs is 1. The molecule has 1 aromatic heterocycles. The SMILES string of the molecule is CN(CCOc1ccc2c(nnn2CC2CC2)c1Br)C(=O)O. The van der Waals surface area contributed by atoms with Gasteiger partial charge in [0.05, 0.1) is 16.5 Å². The van der Waals surface area contributed by atoms with E-state index in [1.165, 1.54) is 24.8 Å². The smallest absolute Gasteiger partial charge is 0.407 e. The highest BCUT2D eigenvalue weighted by Gasteiger charge is 2.23. The van der Waals surface area contributed by atoms with Crippen molar-refractivity contribution < 1.29 is 14.6 Å². The number of aromatic nitrogens is 3. The van der Waals surface area contributed by atoms with Crippen LogP contribution in [0.25, 0.3) is 11.0 Å². The third-order valence-electron chi connectivity index (χ3n) is 3.73. The first-order valence-electron chi connectivity index (χ1n) is 7.15. The first-order valence-corrected chi connectivity index (χ1v) is 7.94. The summed E-state index contributed by atoms with van der Waals surface area (Å²) in [6, 6.07) is 3.80. The normalized spacial score (nSPS) is 14.3. The van der Waals surface area contributed by atoms with E-state index >= 15 is 0 Å². The molecule has 1 amide bonds. The molecule has 8 heteroatoms. The van der Waals surface area contributed by atoms with Crippen LogP contribution in [0.3, 0.4) is 0 Å². The summed E-state index contributed by atoms with van der Waals surface area (Å²) in [4.78, 5) is 11.9. The van der Waals surface area contributed by atoms with E-state index in [9.17, 15) is 4.79 Å². The van der Waals surface area contributed by atoms with Crippen LogP contribution >= 0.6 is 15.9 Å². The number of amides is 1. The van der Waals surface area contributed by atoms with Gasteiger partial charge in [-0.3, -0.25) is 0 Å². The van der Waals surface area contributed by atoms with Gasteiger partial charge in [0.2, 0.25) is 0 Å². The van der Waals surface area contributed by atoms with Crippen molar-refractivity contribution in [3.05, 3.63) is 16.6 Å². The number of halogens is 1. The molecule has 1 heterocycles. The van der Waals surface area contributed by atoms with Gasteiger partial charge >= 0.3 is 6.09 Å². The molecule has 0 radical (unpaired) electrons. The molecule has 1 aliphatic rings. The molecule has 7 nitrogen and oxygen atoms in total. The molecular formula is C14H17BrN4O3. The average molecular weight is 369 g/mol. The molecule has 1 aliphatic carbocycles. The monoisotopic (exact) mass is 368 g/mol. The van der Waals surface area contributed by atoms with E-state index < -0.39 is 6.09 Å². The van der Waals surface area contributed by atoms with Crippen molar-refractivity contribution in [3.8, 4) is 5.75 Å². The largest absolute Gasteiger partial charge is 0.490 e. The summed E-state index contributed by atoms with van der Waals surface area (Å²) in [7, 11) is 1.51. The van der Waals surface area contributed by atoms with E-state index in [4.69, 9.17) is 9.84 Å². The van der Waals surface area contributed by atoms with Crippen LogP contribution in [0.5, 0.6) is 5.75 Å². The van der Waals surface area contributed by atoms with Crippen LogP contribution in [-0.4, -0.2) is 51.3 Å². The van der Waals surface area contributed by atoms with E-state index in [0.29, 0.717) is 12.3 Å². The van der Waals surface area contributed by atoms with E-state index in [1.54, 1.807) is 0 Å². The van der Waals surface area contributed by atoms with Crippen molar-refractivity contribution in [2.24, 2.45) is 5.92 Å². The fraction of sp³-hybridized carbons (Fsp3) is 0.500. The zero-order valence-electron chi connectivity index (χ0n) is 12.2. The number of hydrogen-bond acceptors (Lipinski definition) is 4. The van der Waals surface area contributed by atoms with Crippen LogP contribution in [-0.2, 0) is 6.54 Å². The molecule has 22 heavy (non-hydrogen) atoms. The second kappa shape index (κ2) is 6.12. The van der Waals surface area contributed by atoms with Gasteiger partial charge in [-0.1, -0.05) is 5.21 Å². The first kappa shape index (κ1) is 15.1. The minimum absolute atomic E-state index is 0.281. The number of benzene rings is 1. The van der Waals surface area contributed by atoms with Gasteiger partial charge in [0.25, 0.3) is 0 Å². The Morgan fingerprint density at radius 3 is 3.00 bits per heavy atom. The Balaban J connectivity index is 1.71. The summed E-state index contributed by atoms with van der Waals surface area (Å²) in [5, 5.41) is 17.2. The Hall–Kier alpha value is -1.83. The topological polar surface area (TPSA) is 80.5 Å². The standard InChI is InChI=1S/C14H17BrN4O3/c1-18(14(20)21)6-7-22-11-5-4-10-13(12(11)15)16-17-19(10)8-9-2-3-9/h4-5,9H,2-3,6-8H2,1H3,(H,20,21).